The van der Waals surface area contributed by atoms with E-state index in [9.17, 15) is 4.79 Å². The first kappa shape index (κ1) is 13.3. The predicted octanol–water partition coefficient (Wildman–Crippen LogP) is 2.84. The highest BCUT2D eigenvalue weighted by atomic mass is 16.1. The fourth-order valence-corrected chi connectivity index (χ4v) is 2.57. The lowest BCUT2D eigenvalue weighted by Crippen LogP contribution is -2.16. The summed E-state index contributed by atoms with van der Waals surface area (Å²) in [5.41, 5.74) is 1.92. The molecule has 0 aliphatic heterocycles. The molecule has 0 N–H and O–H groups in total. The van der Waals surface area contributed by atoms with Gasteiger partial charge in [0.15, 0.2) is 5.65 Å². The highest BCUT2D eigenvalue weighted by Gasteiger charge is 2.14. The van der Waals surface area contributed by atoms with Gasteiger partial charge in [0.25, 0.3) is 5.56 Å². The Morgan fingerprint density at radius 2 is 1.52 bits per heavy atom. The molecule has 0 radical (unpaired) electrons. The van der Waals surface area contributed by atoms with Gasteiger partial charge in [0.05, 0.1) is 11.6 Å². The van der Waals surface area contributed by atoms with E-state index >= 15 is 0 Å². The fourth-order valence-electron chi connectivity index (χ4n) is 2.57. The molecular formula is C18H12N4O. The first-order chi connectivity index (χ1) is 11.3. The van der Waals surface area contributed by atoms with Crippen molar-refractivity contribution in [2.24, 2.45) is 0 Å². The topological polar surface area (TPSA) is 60.7 Å². The maximum Gasteiger partial charge on any atom is 0.282 e. The van der Waals surface area contributed by atoms with Gasteiger partial charge in [0, 0.05) is 11.3 Å². The molecule has 2 aromatic heterocycles. The van der Waals surface area contributed by atoms with Gasteiger partial charge in [0.1, 0.15) is 5.82 Å². The minimum atomic E-state index is -0.305. The zero-order valence-corrected chi connectivity index (χ0v) is 12.1. The van der Waals surface area contributed by atoms with Crippen molar-refractivity contribution in [1.29, 1.82) is 0 Å². The van der Waals surface area contributed by atoms with Gasteiger partial charge >= 0.3 is 0 Å². The molecular weight excluding hydrogens is 288 g/mol. The molecule has 23 heavy (non-hydrogen) atoms. The van der Waals surface area contributed by atoms with Gasteiger partial charge in [-0.1, -0.05) is 48.5 Å². The van der Waals surface area contributed by atoms with Crippen molar-refractivity contribution in [3.05, 3.63) is 83.3 Å². The molecule has 0 aliphatic rings. The Hall–Kier alpha value is -3.34. The van der Waals surface area contributed by atoms with E-state index in [0.717, 1.165) is 11.3 Å². The van der Waals surface area contributed by atoms with E-state index in [4.69, 9.17) is 0 Å². The van der Waals surface area contributed by atoms with Crippen LogP contribution in [0.1, 0.15) is 0 Å². The second-order valence-corrected chi connectivity index (χ2v) is 5.05. The summed E-state index contributed by atoms with van der Waals surface area (Å²) >= 11 is 0. The molecule has 0 saturated carbocycles. The number of hydrogen-bond donors (Lipinski definition) is 0. The summed E-state index contributed by atoms with van der Waals surface area (Å²) in [4.78, 5) is 16.7. The third kappa shape index (κ3) is 2.28. The number of nitrogens with zero attached hydrogens (tertiary/aromatic N) is 4. The van der Waals surface area contributed by atoms with Crippen LogP contribution in [-0.4, -0.2) is 19.7 Å². The van der Waals surface area contributed by atoms with Crippen molar-refractivity contribution in [2.75, 3.05) is 0 Å². The van der Waals surface area contributed by atoms with Crippen LogP contribution in [0, 0.1) is 0 Å². The van der Waals surface area contributed by atoms with Crippen LogP contribution < -0.4 is 5.56 Å². The second kappa shape index (κ2) is 5.46. The predicted molar refractivity (Wildman–Crippen MR) is 88.4 cm³/mol. The highest BCUT2D eigenvalue weighted by molar-refractivity contribution is 5.78. The molecule has 0 saturated heterocycles. The lowest BCUT2D eigenvalue weighted by atomic mass is 10.2. The molecule has 4 rings (SSSR count). The molecule has 2 heterocycles. The lowest BCUT2D eigenvalue weighted by Gasteiger charge is -2.14. The van der Waals surface area contributed by atoms with E-state index in [1.54, 1.807) is 6.07 Å². The van der Waals surface area contributed by atoms with Crippen LogP contribution in [0.5, 0.6) is 0 Å². The SMILES string of the molecule is O=c1nc(-c2ccccc2)n(-c2ccccc2)c2nnccc12. The number of benzene rings is 2. The minimum absolute atomic E-state index is 0.305. The Balaban J connectivity index is 2.16. The molecule has 4 aromatic rings. The van der Waals surface area contributed by atoms with Crippen molar-refractivity contribution < 1.29 is 0 Å². The number of aromatic nitrogens is 4. The lowest BCUT2D eigenvalue weighted by molar-refractivity contribution is 0.956. The third-order valence-electron chi connectivity index (χ3n) is 3.61. The van der Waals surface area contributed by atoms with E-state index in [0.29, 0.717) is 16.9 Å². The molecule has 0 fully saturated rings. The normalized spacial score (nSPS) is 10.8. The molecule has 110 valence electrons. The summed E-state index contributed by atoms with van der Waals surface area (Å²) < 4.78 is 1.86. The van der Waals surface area contributed by atoms with E-state index in [2.05, 4.69) is 15.2 Å². The van der Waals surface area contributed by atoms with Crippen LogP contribution in [-0.2, 0) is 0 Å². The van der Waals surface area contributed by atoms with Crippen molar-refractivity contribution in [3.63, 3.8) is 0 Å². The van der Waals surface area contributed by atoms with E-state index in [1.807, 2.05) is 65.2 Å². The Kier molecular flexibility index (Phi) is 3.16. The third-order valence-corrected chi connectivity index (χ3v) is 3.61. The summed E-state index contributed by atoms with van der Waals surface area (Å²) in [6.07, 6.45) is 1.50. The molecule has 0 amide bonds. The Labute approximate surface area is 131 Å². The van der Waals surface area contributed by atoms with Gasteiger partial charge in [-0.25, -0.2) is 0 Å². The number of hydrogen-bond acceptors (Lipinski definition) is 4. The molecule has 0 unspecified atom stereocenters. The monoisotopic (exact) mass is 300 g/mol. The van der Waals surface area contributed by atoms with Crippen LogP contribution in [0.15, 0.2) is 77.7 Å². The van der Waals surface area contributed by atoms with Crippen LogP contribution in [0.3, 0.4) is 0 Å². The molecule has 2 aromatic carbocycles. The molecule has 5 nitrogen and oxygen atoms in total. The highest BCUT2D eigenvalue weighted by Crippen LogP contribution is 2.23. The standard InChI is InChI=1S/C18H12N4O/c23-18-15-11-12-19-21-17(15)22(14-9-5-2-6-10-14)16(20-18)13-7-3-1-4-8-13/h1-12H. The van der Waals surface area contributed by atoms with Crippen molar-refractivity contribution in [2.45, 2.75) is 0 Å². The van der Waals surface area contributed by atoms with Gasteiger partial charge < -0.3 is 0 Å². The maximum atomic E-state index is 12.4. The first-order valence-corrected chi connectivity index (χ1v) is 7.20. The van der Waals surface area contributed by atoms with Crippen molar-refractivity contribution >= 4 is 11.0 Å². The van der Waals surface area contributed by atoms with Crippen LogP contribution in [0.25, 0.3) is 28.1 Å². The Morgan fingerprint density at radius 3 is 2.26 bits per heavy atom. The quantitative estimate of drug-likeness (QED) is 0.571. The summed E-state index contributed by atoms with van der Waals surface area (Å²) in [5, 5.41) is 8.56. The van der Waals surface area contributed by atoms with E-state index < -0.39 is 0 Å². The van der Waals surface area contributed by atoms with Crippen LogP contribution in [0.4, 0.5) is 0 Å². The maximum absolute atomic E-state index is 12.4. The van der Waals surface area contributed by atoms with Gasteiger partial charge in [-0.2, -0.15) is 10.1 Å². The Bertz CT molecular complexity index is 1030. The van der Waals surface area contributed by atoms with E-state index in [1.165, 1.54) is 6.20 Å². The molecule has 0 spiro atoms. The van der Waals surface area contributed by atoms with Gasteiger partial charge in [-0.3, -0.25) is 9.36 Å². The summed E-state index contributed by atoms with van der Waals surface area (Å²) in [6.45, 7) is 0. The molecule has 0 atom stereocenters. The minimum Gasteiger partial charge on any atom is -0.276 e. The van der Waals surface area contributed by atoms with E-state index in [-0.39, 0.29) is 5.56 Å². The molecule has 5 heteroatoms. The largest absolute Gasteiger partial charge is 0.282 e. The van der Waals surface area contributed by atoms with Crippen LogP contribution in [0.2, 0.25) is 0 Å². The molecule has 0 bridgehead atoms. The number of para-hydroxylation sites is 1. The average molecular weight is 300 g/mol. The van der Waals surface area contributed by atoms with Crippen LogP contribution >= 0.6 is 0 Å². The summed E-state index contributed by atoms with van der Waals surface area (Å²) in [6, 6.07) is 21.0. The molecule has 0 aliphatic carbocycles. The summed E-state index contributed by atoms with van der Waals surface area (Å²) in [7, 11) is 0. The van der Waals surface area contributed by atoms with Gasteiger partial charge in [0.2, 0.25) is 0 Å². The number of rotatable bonds is 2. The number of fused-ring (bicyclic) bond motifs is 1. The first-order valence-electron chi connectivity index (χ1n) is 7.20. The fraction of sp³-hybridized carbons (Fsp3) is 0. The smallest absolute Gasteiger partial charge is 0.276 e. The van der Waals surface area contributed by atoms with Crippen molar-refractivity contribution in [3.8, 4) is 17.1 Å². The second-order valence-electron chi connectivity index (χ2n) is 5.05. The summed E-state index contributed by atoms with van der Waals surface area (Å²) in [5.74, 6) is 0.551. The van der Waals surface area contributed by atoms with Crippen molar-refractivity contribution in [1.82, 2.24) is 19.7 Å². The average Bonchev–Trinajstić information content (AvgIpc) is 2.63. The van der Waals surface area contributed by atoms with Gasteiger partial charge in [-0.15, -0.1) is 5.10 Å². The zero-order valence-electron chi connectivity index (χ0n) is 12.1. The van der Waals surface area contributed by atoms with Gasteiger partial charge in [-0.05, 0) is 18.2 Å². The zero-order chi connectivity index (χ0) is 15.6. The Morgan fingerprint density at radius 1 is 0.826 bits per heavy atom.